The number of anilines is 1. The molecule has 7 nitrogen and oxygen atoms in total. The van der Waals surface area contributed by atoms with Crippen LogP contribution in [0.15, 0.2) is 24.3 Å². The molecule has 0 fully saturated rings. The second-order valence-electron chi connectivity index (χ2n) is 4.56. The fraction of sp³-hybridized carbons (Fsp3) is 0.357. The molecular weight excluding hydrogens is 310 g/mol. The number of carboxylic acid groups (broad SMARTS) is 1. The summed E-state index contributed by atoms with van der Waals surface area (Å²) in [5, 5.41) is 17.3. The monoisotopic (exact) mass is 327 g/mol. The van der Waals surface area contributed by atoms with Crippen LogP contribution in [0.5, 0.6) is 0 Å². The fourth-order valence-electron chi connectivity index (χ4n) is 1.68. The van der Waals surface area contributed by atoms with E-state index in [-0.39, 0.29) is 25.4 Å². The first-order chi connectivity index (χ1) is 10.4. The lowest BCUT2D eigenvalue weighted by Gasteiger charge is -2.15. The molecule has 0 saturated carbocycles. The quantitative estimate of drug-likeness (QED) is 0.529. The summed E-state index contributed by atoms with van der Waals surface area (Å²) in [7, 11) is 0. The second-order valence-corrected chi connectivity index (χ2v) is 4.97. The van der Waals surface area contributed by atoms with Gasteiger partial charge in [-0.15, -0.1) is 0 Å². The van der Waals surface area contributed by atoms with Gasteiger partial charge in [0, 0.05) is 20.0 Å². The number of carbonyl (C=O) groups excluding carboxylic acids is 2. The molecule has 4 N–H and O–H groups in total. The average Bonchev–Trinajstić information content (AvgIpc) is 2.44. The molecule has 0 aromatic heterocycles. The van der Waals surface area contributed by atoms with Crippen molar-refractivity contribution >= 4 is 35.1 Å². The van der Waals surface area contributed by atoms with Gasteiger partial charge in [0.05, 0.1) is 17.1 Å². The van der Waals surface area contributed by atoms with E-state index < -0.39 is 17.9 Å². The lowest BCUT2D eigenvalue weighted by molar-refractivity contribution is -0.141. The van der Waals surface area contributed by atoms with Gasteiger partial charge >= 0.3 is 5.97 Å². The molecular formula is C14H18ClN3O4. The van der Waals surface area contributed by atoms with E-state index in [9.17, 15) is 14.4 Å². The van der Waals surface area contributed by atoms with Gasteiger partial charge in [-0.1, -0.05) is 23.7 Å². The van der Waals surface area contributed by atoms with Crippen LogP contribution in [0.3, 0.4) is 0 Å². The number of aliphatic carboxylic acids is 1. The van der Waals surface area contributed by atoms with Crippen molar-refractivity contribution in [2.45, 2.75) is 19.4 Å². The van der Waals surface area contributed by atoms with E-state index in [1.54, 1.807) is 24.3 Å². The third-order valence-electron chi connectivity index (χ3n) is 2.73. The van der Waals surface area contributed by atoms with Crippen LogP contribution in [0.1, 0.15) is 13.3 Å². The van der Waals surface area contributed by atoms with Crippen LogP contribution in [0.2, 0.25) is 5.02 Å². The van der Waals surface area contributed by atoms with E-state index in [2.05, 4.69) is 16.0 Å². The summed E-state index contributed by atoms with van der Waals surface area (Å²) in [4.78, 5) is 33.7. The smallest absolute Gasteiger partial charge is 0.321 e. The summed E-state index contributed by atoms with van der Waals surface area (Å²) in [5.74, 6) is -1.81. The zero-order valence-corrected chi connectivity index (χ0v) is 12.8. The largest absolute Gasteiger partial charge is 0.480 e. The Morgan fingerprint density at radius 1 is 1.23 bits per heavy atom. The number of halogens is 1. The van der Waals surface area contributed by atoms with Gasteiger partial charge in [-0.05, 0) is 12.1 Å². The van der Waals surface area contributed by atoms with Gasteiger partial charge in [0.15, 0.2) is 0 Å². The first-order valence-electron chi connectivity index (χ1n) is 6.65. The van der Waals surface area contributed by atoms with Crippen LogP contribution < -0.4 is 16.0 Å². The number of hydrogen-bond donors (Lipinski definition) is 4. The van der Waals surface area contributed by atoms with Crippen LogP contribution in [-0.4, -0.2) is 42.0 Å². The molecule has 0 radical (unpaired) electrons. The molecule has 120 valence electrons. The number of rotatable bonds is 8. The van der Waals surface area contributed by atoms with E-state index in [0.717, 1.165) is 0 Å². The Bertz CT molecular complexity index is 551. The van der Waals surface area contributed by atoms with Crippen molar-refractivity contribution in [3.05, 3.63) is 29.3 Å². The Hall–Kier alpha value is -2.12. The standard InChI is InChI=1S/C14H18ClN3O4/c1-9(19)16-6-7-17-12(14(21)22)8-13(20)18-11-5-3-2-4-10(11)15/h2-5,12,17H,6-8H2,1H3,(H,16,19)(H,18,20)(H,21,22)/t12-/m1/s1. The van der Waals surface area contributed by atoms with Crippen LogP contribution >= 0.6 is 11.6 Å². The Balaban J connectivity index is 2.48. The lowest BCUT2D eigenvalue weighted by atomic mass is 10.2. The van der Waals surface area contributed by atoms with Gasteiger partial charge in [-0.2, -0.15) is 0 Å². The van der Waals surface area contributed by atoms with E-state index >= 15 is 0 Å². The summed E-state index contributed by atoms with van der Waals surface area (Å²) >= 11 is 5.91. The summed E-state index contributed by atoms with van der Waals surface area (Å²) in [6.07, 6.45) is -0.249. The highest BCUT2D eigenvalue weighted by molar-refractivity contribution is 6.33. The minimum absolute atomic E-state index is 0.204. The van der Waals surface area contributed by atoms with Crippen molar-refractivity contribution < 1.29 is 19.5 Å². The molecule has 0 saturated heterocycles. The highest BCUT2D eigenvalue weighted by atomic mass is 35.5. The van der Waals surface area contributed by atoms with Crippen LogP contribution in [0.25, 0.3) is 0 Å². The first-order valence-corrected chi connectivity index (χ1v) is 7.03. The molecule has 1 rings (SSSR count). The number of carboxylic acids is 1. The molecule has 1 aromatic carbocycles. The highest BCUT2D eigenvalue weighted by Gasteiger charge is 2.20. The molecule has 1 atom stereocenters. The van der Waals surface area contributed by atoms with Crippen molar-refractivity contribution in [2.75, 3.05) is 18.4 Å². The van der Waals surface area contributed by atoms with E-state index in [1.165, 1.54) is 6.92 Å². The van der Waals surface area contributed by atoms with Gasteiger partial charge in [-0.25, -0.2) is 0 Å². The van der Waals surface area contributed by atoms with Gasteiger partial charge < -0.3 is 21.1 Å². The molecule has 0 heterocycles. The summed E-state index contributed by atoms with van der Waals surface area (Å²) in [6.45, 7) is 1.90. The van der Waals surface area contributed by atoms with Crippen molar-refractivity contribution in [3.8, 4) is 0 Å². The third kappa shape index (κ3) is 6.55. The molecule has 0 aliphatic carbocycles. The van der Waals surface area contributed by atoms with Crippen LogP contribution in [0, 0.1) is 0 Å². The van der Waals surface area contributed by atoms with Crippen molar-refractivity contribution in [1.29, 1.82) is 0 Å². The Labute approximate surface area is 133 Å². The zero-order chi connectivity index (χ0) is 16.5. The van der Waals surface area contributed by atoms with Gasteiger partial charge in [0.1, 0.15) is 6.04 Å². The number of benzene rings is 1. The maximum absolute atomic E-state index is 11.9. The van der Waals surface area contributed by atoms with E-state index in [1.807, 2.05) is 0 Å². The van der Waals surface area contributed by atoms with Crippen LogP contribution in [-0.2, 0) is 14.4 Å². The Kier molecular flexibility index (Phi) is 7.34. The molecule has 8 heteroatoms. The van der Waals surface area contributed by atoms with E-state index in [4.69, 9.17) is 16.7 Å². The average molecular weight is 328 g/mol. The predicted molar refractivity (Wildman–Crippen MR) is 82.8 cm³/mol. The molecule has 0 bridgehead atoms. The predicted octanol–water partition coefficient (Wildman–Crippen LogP) is 0.848. The lowest BCUT2D eigenvalue weighted by Crippen LogP contribution is -2.43. The van der Waals surface area contributed by atoms with Crippen LogP contribution in [0.4, 0.5) is 5.69 Å². The zero-order valence-electron chi connectivity index (χ0n) is 12.1. The van der Waals surface area contributed by atoms with Gasteiger partial charge in [0.2, 0.25) is 11.8 Å². The first kappa shape index (κ1) is 17.9. The minimum Gasteiger partial charge on any atom is -0.480 e. The maximum atomic E-state index is 11.9. The Morgan fingerprint density at radius 2 is 1.91 bits per heavy atom. The molecule has 0 aliphatic rings. The number of nitrogens with one attached hydrogen (secondary N) is 3. The molecule has 0 aliphatic heterocycles. The van der Waals surface area contributed by atoms with Gasteiger partial charge in [-0.3, -0.25) is 14.4 Å². The maximum Gasteiger partial charge on any atom is 0.321 e. The summed E-state index contributed by atoms with van der Waals surface area (Å²) in [5.41, 5.74) is 0.427. The number of carbonyl (C=O) groups is 3. The topological polar surface area (TPSA) is 108 Å². The number of amides is 2. The normalized spacial score (nSPS) is 11.5. The molecule has 1 aromatic rings. The minimum atomic E-state index is -1.14. The summed E-state index contributed by atoms with van der Waals surface area (Å²) < 4.78 is 0. The van der Waals surface area contributed by atoms with E-state index in [0.29, 0.717) is 10.7 Å². The van der Waals surface area contributed by atoms with Crippen molar-refractivity contribution in [2.24, 2.45) is 0 Å². The Morgan fingerprint density at radius 3 is 2.50 bits per heavy atom. The molecule has 22 heavy (non-hydrogen) atoms. The molecule has 2 amide bonds. The van der Waals surface area contributed by atoms with Gasteiger partial charge in [0.25, 0.3) is 0 Å². The third-order valence-corrected chi connectivity index (χ3v) is 3.05. The number of para-hydroxylation sites is 1. The fourth-order valence-corrected chi connectivity index (χ4v) is 1.86. The summed E-state index contributed by atoms with van der Waals surface area (Å²) in [6, 6.07) is 5.64. The SMILES string of the molecule is CC(=O)NCCN[C@H](CC(=O)Nc1ccccc1Cl)C(=O)O. The molecule has 0 spiro atoms. The van der Waals surface area contributed by atoms with Crippen molar-refractivity contribution in [3.63, 3.8) is 0 Å². The van der Waals surface area contributed by atoms with Crippen molar-refractivity contribution in [1.82, 2.24) is 10.6 Å². The molecule has 0 unspecified atom stereocenters. The number of hydrogen-bond acceptors (Lipinski definition) is 4. The second kappa shape index (κ2) is 9.01. The highest BCUT2D eigenvalue weighted by Crippen LogP contribution is 2.20.